The van der Waals surface area contributed by atoms with Crippen molar-refractivity contribution < 1.29 is 9.53 Å². The van der Waals surface area contributed by atoms with E-state index in [-0.39, 0.29) is 5.91 Å². The van der Waals surface area contributed by atoms with Crippen molar-refractivity contribution in [2.75, 3.05) is 12.0 Å². The number of ether oxygens (including phenoxy) is 1. The number of hydrogen-bond donors (Lipinski definition) is 1. The molecule has 5 heteroatoms. The maximum absolute atomic E-state index is 12.4. The van der Waals surface area contributed by atoms with Crippen molar-refractivity contribution in [3.05, 3.63) is 58.1 Å². The number of benzene rings is 2. The fourth-order valence-electron chi connectivity index (χ4n) is 2.56. The topological polar surface area (TPSA) is 55.6 Å². The Bertz CT molecular complexity index is 702. The summed E-state index contributed by atoms with van der Waals surface area (Å²) in [5, 5.41) is 0. The molecule has 1 unspecified atom stereocenters. The summed E-state index contributed by atoms with van der Waals surface area (Å²) in [7, 11) is 1.63. The summed E-state index contributed by atoms with van der Waals surface area (Å²) < 4.78 is 6.14. The van der Waals surface area contributed by atoms with Gasteiger partial charge in [0, 0.05) is 15.7 Å². The van der Waals surface area contributed by atoms with Crippen molar-refractivity contribution in [2.24, 2.45) is 5.73 Å². The van der Waals surface area contributed by atoms with Crippen LogP contribution in [0, 0.1) is 0 Å². The number of nitrogens with two attached hydrogens (primary N) is 1. The van der Waals surface area contributed by atoms with E-state index in [1.165, 1.54) is 0 Å². The maximum Gasteiger partial charge on any atom is 0.248 e. The van der Waals surface area contributed by atoms with Gasteiger partial charge < -0.3 is 15.4 Å². The SMILES string of the molecule is COc1cccc(CN2C(=O)C(N)c3cc(Br)ccc32)c1. The number of hydrogen-bond acceptors (Lipinski definition) is 3. The van der Waals surface area contributed by atoms with Crippen LogP contribution < -0.4 is 15.4 Å². The van der Waals surface area contributed by atoms with E-state index in [1.54, 1.807) is 12.0 Å². The van der Waals surface area contributed by atoms with Gasteiger partial charge in [0.2, 0.25) is 5.91 Å². The van der Waals surface area contributed by atoms with Gasteiger partial charge in [-0.2, -0.15) is 0 Å². The van der Waals surface area contributed by atoms with Gasteiger partial charge in [-0.05, 0) is 35.9 Å². The summed E-state index contributed by atoms with van der Waals surface area (Å²) in [5.41, 5.74) is 8.76. The highest BCUT2D eigenvalue weighted by molar-refractivity contribution is 9.10. The fraction of sp³-hybridized carbons (Fsp3) is 0.188. The molecule has 21 heavy (non-hydrogen) atoms. The van der Waals surface area contributed by atoms with Gasteiger partial charge in [-0.3, -0.25) is 4.79 Å². The Hall–Kier alpha value is -1.85. The average Bonchev–Trinajstić information content (AvgIpc) is 2.72. The Kier molecular flexibility index (Phi) is 3.69. The molecular weight excluding hydrogens is 332 g/mol. The molecule has 108 valence electrons. The van der Waals surface area contributed by atoms with E-state index in [0.717, 1.165) is 27.0 Å². The first-order valence-electron chi connectivity index (χ1n) is 6.59. The molecule has 0 bridgehead atoms. The zero-order valence-corrected chi connectivity index (χ0v) is 13.1. The second-order valence-corrected chi connectivity index (χ2v) is 5.87. The number of carbonyl (C=O) groups excluding carboxylic acids is 1. The van der Waals surface area contributed by atoms with Crippen molar-refractivity contribution in [1.29, 1.82) is 0 Å². The summed E-state index contributed by atoms with van der Waals surface area (Å²) in [4.78, 5) is 14.1. The number of carbonyl (C=O) groups is 1. The van der Waals surface area contributed by atoms with Crippen LogP contribution in [-0.4, -0.2) is 13.0 Å². The van der Waals surface area contributed by atoms with E-state index in [9.17, 15) is 4.79 Å². The number of rotatable bonds is 3. The largest absolute Gasteiger partial charge is 0.497 e. The van der Waals surface area contributed by atoms with E-state index in [4.69, 9.17) is 10.5 Å². The van der Waals surface area contributed by atoms with Crippen LogP contribution in [0.5, 0.6) is 5.75 Å². The molecule has 1 heterocycles. The molecule has 2 aromatic carbocycles. The molecule has 0 saturated heterocycles. The van der Waals surface area contributed by atoms with Crippen LogP contribution in [-0.2, 0) is 11.3 Å². The van der Waals surface area contributed by atoms with E-state index < -0.39 is 6.04 Å². The molecule has 4 nitrogen and oxygen atoms in total. The number of amides is 1. The third-order valence-corrected chi connectivity index (χ3v) is 4.12. The van der Waals surface area contributed by atoms with Crippen molar-refractivity contribution in [3.63, 3.8) is 0 Å². The third kappa shape index (κ3) is 2.54. The zero-order chi connectivity index (χ0) is 15.0. The monoisotopic (exact) mass is 346 g/mol. The van der Waals surface area contributed by atoms with Crippen molar-refractivity contribution in [2.45, 2.75) is 12.6 Å². The smallest absolute Gasteiger partial charge is 0.248 e. The summed E-state index contributed by atoms with van der Waals surface area (Å²) in [6.45, 7) is 0.484. The molecule has 0 fully saturated rings. The van der Waals surface area contributed by atoms with Crippen LogP contribution >= 0.6 is 15.9 Å². The zero-order valence-electron chi connectivity index (χ0n) is 11.5. The normalized spacial score (nSPS) is 17.0. The Morgan fingerprint density at radius 2 is 2.10 bits per heavy atom. The molecule has 0 aliphatic carbocycles. The van der Waals surface area contributed by atoms with Gasteiger partial charge in [0.25, 0.3) is 0 Å². The minimum absolute atomic E-state index is 0.0779. The summed E-state index contributed by atoms with van der Waals surface area (Å²) in [5.74, 6) is 0.699. The molecule has 3 rings (SSSR count). The van der Waals surface area contributed by atoms with Gasteiger partial charge in [0.05, 0.1) is 13.7 Å². The Morgan fingerprint density at radius 3 is 2.86 bits per heavy atom. The van der Waals surface area contributed by atoms with Crippen LogP contribution in [0.2, 0.25) is 0 Å². The maximum atomic E-state index is 12.4. The molecule has 0 saturated carbocycles. The summed E-state index contributed by atoms with van der Waals surface area (Å²) in [6, 6.07) is 12.8. The number of fused-ring (bicyclic) bond motifs is 1. The summed E-state index contributed by atoms with van der Waals surface area (Å²) in [6.07, 6.45) is 0. The van der Waals surface area contributed by atoms with Crippen molar-refractivity contribution in [3.8, 4) is 5.75 Å². The van der Waals surface area contributed by atoms with Gasteiger partial charge in [-0.1, -0.05) is 28.1 Å². The van der Waals surface area contributed by atoms with Gasteiger partial charge in [0.15, 0.2) is 0 Å². The summed E-state index contributed by atoms with van der Waals surface area (Å²) >= 11 is 3.42. The van der Waals surface area contributed by atoms with Gasteiger partial charge >= 0.3 is 0 Å². The lowest BCUT2D eigenvalue weighted by molar-refractivity contribution is -0.119. The van der Waals surface area contributed by atoms with E-state index in [0.29, 0.717) is 6.54 Å². The highest BCUT2D eigenvalue weighted by Gasteiger charge is 2.34. The van der Waals surface area contributed by atoms with Crippen LogP contribution in [0.25, 0.3) is 0 Å². The van der Waals surface area contributed by atoms with Crippen molar-refractivity contribution >= 4 is 27.5 Å². The number of nitrogens with zero attached hydrogens (tertiary/aromatic N) is 1. The van der Waals surface area contributed by atoms with Crippen LogP contribution in [0.1, 0.15) is 17.2 Å². The van der Waals surface area contributed by atoms with E-state index >= 15 is 0 Å². The molecule has 1 aliphatic heterocycles. The standard InChI is InChI=1S/C16H15BrN2O2/c1-21-12-4-2-3-10(7-12)9-19-14-6-5-11(17)8-13(14)15(18)16(19)20/h2-8,15H,9,18H2,1H3. The molecule has 1 aliphatic rings. The molecule has 0 radical (unpaired) electrons. The van der Waals surface area contributed by atoms with E-state index in [2.05, 4.69) is 15.9 Å². The van der Waals surface area contributed by atoms with Gasteiger partial charge in [0.1, 0.15) is 11.8 Å². The molecule has 2 aromatic rings. The molecule has 0 aromatic heterocycles. The van der Waals surface area contributed by atoms with Crippen molar-refractivity contribution in [1.82, 2.24) is 0 Å². The predicted octanol–water partition coefficient (Wildman–Crippen LogP) is 3.00. The van der Waals surface area contributed by atoms with Gasteiger partial charge in [-0.25, -0.2) is 0 Å². The van der Waals surface area contributed by atoms with Crippen LogP contribution in [0.15, 0.2) is 46.9 Å². The lowest BCUT2D eigenvalue weighted by atomic mass is 10.1. The number of methoxy groups -OCH3 is 1. The molecule has 1 amide bonds. The highest BCUT2D eigenvalue weighted by Crippen LogP contribution is 2.37. The molecule has 0 spiro atoms. The molecule has 2 N–H and O–H groups in total. The Balaban J connectivity index is 1.94. The second kappa shape index (κ2) is 5.50. The fourth-order valence-corrected chi connectivity index (χ4v) is 2.94. The van der Waals surface area contributed by atoms with E-state index in [1.807, 2.05) is 42.5 Å². The lowest BCUT2D eigenvalue weighted by Crippen LogP contribution is -2.31. The Labute approximate surface area is 131 Å². The number of anilines is 1. The van der Waals surface area contributed by atoms with Gasteiger partial charge in [-0.15, -0.1) is 0 Å². The molecule has 1 atom stereocenters. The van der Waals surface area contributed by atoms with Crippen LogP contribution in [0.3, 0.4) is 0 Å². The average molecular weight is 347 g/mol. The molecular formula is C16H15BrN2O2. The quantitative estimate of drug-likeness (QED) is 0.929. The third-order valence-electron chi connectivity index (χ3n) is 3.62. The first kappa shape index (κ1) is 14.1. The highest BCUT2D eigenvalue weighted by atomic mass is 79.9. The van der Waals surface area contributed by atoms with Crippen LogP contribution in [0.4, 0.5) is 5.69 Å². The predicted molar refractivity (Wildman–Crippen MR) is 85.3 cm³/mol. The first-order chi connectivity index (χ1) is 10.1. The minimum atomic E-state index is -0.594. The Morgan fingerprint density at radius 1 is 1.29 bits per heavy atom. The first-order valence-corrected chi connectivity index (χ1v) is 7.39. The second-order valence-electron chi connectivity index (χ2n) is 4.96. The minimum Gasteiger partial charge on any atom is -0.497 e. The lowest BCUT2D eigenvalue weighted by Gasteiger charge is -2.18. The number of halogens is 1.